The number of aryl methyl sites for hydroxylation is 3. The maximum absolute atomic E-state index is 4.65. The van der Waals surface area contributed by atoms with Crippen LogP contribution in [0.1, 0.15) is 35.8 Å². The molecule has 0 atom stereocenters. The Labute approximate surface area is 133 Å². The SMILES string of the molecule is CCc1nn(CC)c(CN(C)Cc2scnc2C)c1Br. The molecule has 110 valence electrons. The summed E-state index contributed by atoms with van der Waals surface area (Å²) in [5.41, 5.74) is 5.46. The molecule has 20 heavy (non-hydrogen) atoms. The Hall–Kier alpha value is -0.720. The van der Waals surface area contributed by atoms with Gasteiger partial charge in [-0.25, -0.2) is 4.98 Å². The summed E-state index contributed by atoms with van der Waals surface area (Å²) in [7, 11) is 2.14. The fraction of sp³-hybridized carbons (Fsp3) is 0.571. The van der Waals surface area contributed by atoms with E-state index in [4.69, 9.17) is 0 Å². The fourth-order valence-electron chi connectivity index (χ4n) is 2.20. The van der Waals surface area contributed by atoms with E-state index in [9.17, 15) is 0 Å². The number of rotatable bonds is 6. The Morgan fingerprint density at radius 2 is 2.10 bits per heavy atom. The molecule has 0 fully saturated rings. The van der Waals surface area contributed by atoms with Crippen molar-refractivity contribution in [1.29, 1.82) is 0 Å². The average molecular weight is 357 g/mol. The van der Waals surface area contributed by atoms with E-state index in [1.165, 1.54) is 10.6 Å². The van der Waals surface area contributed by atoms with Crippen molar-refractivity contribution in [3.8, 4) is 0 Å². The lowest BCUT2D eigenvalue weighted by atomic mass is 10.3. The molecule has 0 spiro atoms. The Bertz CT molecular complexity index is 576. The van der Waals surface area contributed by atoms with Crippen LogP contribution in [0.5, 0.6) is 0 Å². The topological polar surface area (TPSA) is 34.0 Å². The van der Waals surface area contributed by atoms with Crippen molar-refractivity contribution < 1.29 is 0 Å². The minimum atomic E-state index is 0.888. The third kappa shape index (κ3) is 3.30. The van der Waals surface area contributed by atoms with Crippen molar-refractivity contribution in [2.75, 3.05) is 7.05 Å². The number of hydrogen-bond donors (Lipinski definition) is 0. The summed E-state index contributed by atoms with van der Waals surface area (Å²) >= 11 is 5.43. The normalized spacial score (nSPS) is 11.5. The van der Waals surface area contributed by atoms with Crippen LogP contribution in [-0.4, -0.2) is 26.7 Å². The lowest BCUT2D eigenvalue weighted by Gasteiger charge is -2.17. The quantitative estimate of drug-likeness (QED) is 0.792. The molecule has 0 aliphatic rings. The molecular formula is C14H21BrN4S. The van der Waals surface area contributed by atoms with E-state index in [0.29, 0.717) is 0 Å². The lowest BCUT2D eigenvalue weighted by Crippen LogP contribution is -2.20. The van der Waals surface area contributed by atoms with E-state index >= 15 is 0 Å². The molecule has 0 aliphatic carbocycles. The minimum absolute atomic E-state index is 0.888. The molecule has 2 aromatic heterocycles. The molecule has 0 saturated heterocycles. The molecule has 2 rings (SSSR count). The summed E-state index contributed by atoms with van der Waals surface area (Å²) < 4.78 is 3.26. The molecule has 0 amide bonds. The van der Waals surface area contributed by atoms with Gasteiger partial charge in [0.05, 0.1) is 27.1 Å². The molecule has 2 heterocycles. The van der Waals surface area contributed by atoms with Gasteiger partial charge >= 0.3 is 0 Å². The van der Waals surface area contributed by atoms with E-state index in [0.717, 1.165) is 41.9 Å². The van der Waals surface area contributed by atoms with Gasteiger partial charge in [0.2, 0.25) is 0 Å². The first kappa shape index (κ1) is 15.7. The molecule has 0 unspecified atom stereocenters. The summed E-state index contributed by atoms with van der Waals surface area (Å²) in [6.07, 6.45) is 0.957. The molecule has 0 N–H and O–H groups in total. The predicted octanol–water partition coefficient (Wildman–Crippen LogP) is 3.62. The van der Waals surface area contributed by atoms with Crippen molar-refractivity contribution in [3.63, 3.8) is 0 Å². The van der Waals surface area contributed by atoms with E-state index in [1.54, 1.807) is 11.3 Å². The molecule has 0 aromatic carbocycles. The largest absolute Gasteiger partial charge is 0.295 e. The van der Waals surface area contributed by atoms with Crippen molar-refractivity contribution in [2.24, 2.45) is 0 Å². The van der Waals surface area contributed by atoms with E-state index < -0.39 is 0 Å². The van der Waals surface area contributed by atoms with Crippen LogP contribution >= 0.6 is 27.3 Å². The predicted molar refractivity (Wildman–Crippen MR) is 87.0 cm³/mol. The molecule has 0 aliphatic heterocycles. The highest BCUT2D eigenvalue weighted by Crippen LogP contribution is 2.24. The Balaban J connectivity index is 2.13. The van der Waals surface area contributed by atoms with Gasteiger partial charge in [-0.15, -0.1) is 11.3 Å². The van der Waals surface area contributed by atoms with Crippen LogP contribution < -0.4 is 0 Å². The molecule has 0 radical (unpaired) electrons. The minimum Gasteiger partial charge on any atom is -0.295 e. The van der Waals surface area contributed by atoms with Crippen LogP contribution in [0.2, 0.25) is 0 Å². The van der Waals surface area contributed by atoms with Gasteiger partial charge in [-0.05, 0) is 43.2 Å². The van der Waals surface area contributed by atoms with Crippen LogP contribution in [0.25, 0.3) is 0 Å². The van der Waals surface area contributed by atoms with Crippen LogP contribution in [-0.2, 0) is 26.1 Å². The van der Waals surface area contributed by atoms with Crippen molar-refractivity contribution >= 4 is 27.3 Å². The second-order valence-electron chi connectivity index (χ2n) is 4.91. The van der Waals surface area contributed by atoms with Crippen LogP contribution in [0.15, 0.2) is 9.98 Å². The molecule has 2 aromatic rings. The number of aromatic nitrogens is 3. The van der Waals surface area contributed by atoms with Gasteiger partial charge < -0.3 is 0 Å². The first-order chi connectivity index (χ1) is 9.56. The number of nitrogens with zero attached hydrogens (tertiary/aromatic N) is 4. The highest BCUT2D eigenvalue weighted by molar-refractivity contribution is 9.10. The fourth-order valence-corrected chi connectivity index (χ4v) is 3.75. The van der Waals surface area contributed by atoms with Gasteiger partial charge in [0, 0.05) is 24.5 Å². The van der Waals surface area contributed by atoms with Crippen LogP contribution in [0.4, 0.5) is 0 Å². The number of hydrogen-bond acceptors (Lipinski definition) is 4. The molecular weight excluding hydrogens is 336 g/mol. The standard InChI is InChI=1S/C14H21BrN4S/c1-5-11-14(15)12(19(6-2)17-11)7-18(4)8-13-10(3)16-9-20-13/h9H,5-8H2,1-4H3. The van der Waals surface area contributed by atoms with Crippen LogP contribution in [0, 0.1) is 6.92 Å². The highest BCUT2D eigenvalue weighted by Gasteiger charge is 2.16. The Morgan fingerprint density at radius 1 is 1.35 bits per heavy atom. The zero-order valence-electron chi connectivity index (χ0n) is 12.5. The molecule has 6 heteroatoms. The second-order valence-corrected chi connectivity index (χ2v) is 6.64. The number of thiazole rings is 1. The first-order valence-electron chi connectivity index (χ1n) is 6.88. The van der Waals surface area contributed by atoms with E-state index in [-0.39, 0.29) is 0 Å². The third-order valence-electron chi connectivity index (χ3n) is 3.37. The first-order valence-corrected chi connectivity index (χ1v) is 8.55. The smallest absolute Gasteiger partial charge is 0.0798 e. The summed E-state index contributed by atoms with van der Waals surface area (Å²) in [5, 5.41) is 4.65. The van der Waals surface area contributed by atoms with Gasteiger partial charge in [0.15, 0.2) is 0 Å². The summed E-state index contributed by atoms with van der Waals surface area (Å²) in [4.78, 5) is 7.96. The average Bonchev–Trinajstić information content (AvgIpc) is 2.95. The van der Waals surface area contributed by atoms with Crippen molar-refractivity contribution in [1.82, 2.24) is 19.7 Å². The molecule has 0 saturated carbocycles. The van der Waals surface area contributed by atoms with E-state index in [2.05, 4.69) is 63.4 Å². The van der Waals surface area contributed by atoms with E-state index in [1.807, 2.05) is 5.51 Å². The Morgan fingerprint density at radius 3 is 2.65 bits per heavy atom. The Kier molecular flexibility index (Phi) is 5.35. The summed E-state index contributed by atoms with van der Waals surface area (Å²) in [5.74, 6) is 0. The molecule has 4 nitrogen and oxygen atoms in total. The summed E-state index contributed by atoms with van der Waals surface area (Å²) in [6, 6.07) is 0. The summed E-state index contributed by atoms with van der Waals surface area (Å²) in [6.45, 7) is 9.07. The van der Waals surface area contributed by atoms with Gasteiger partial charge in [-0.2, -0.15) is 5.10 Å². The lowest BCUT2D eigenvalue weighted by molar-refractivity contribution is 0.308. The van der Waals surface area contributed by atoms with Gasteiger partial charge in [-0.1, -0.05) is 6.92 Å². The van der Waals surface area contributed by atoms with Gasteiger partial charge in [0.1, 0.15) is 0 Å². The van der Waals surface area contributed by atoms with Crippen LogP contribution in [0.3, 0.4) is 0 Å². The highest BCUT2D eigenvalue weighted by atomic mass is 79.9. The van der Waals surface area contributed by atoms with Gasteiger partial charge in [0.25, 0.3) is 0 Å². The zero-order valence-corrected chi connectivity index (χ0v) is 14.9. The second kappa shape index (κ2) is 6.83. The van der Waals surface area contributed by atoms with Crippen molar-refractivity contribution in [2.45, 2.75) is 46.8 Å². The maximum Gasteiger partial charge on any atom is 0.0798 e. The zero-order chi connectivity index (χ0) is 14.7. The number of halogens is 1. The monoisotopic (exact) mass is 356 g/mol. The maximum atomic E-state index is 4.65. The molecule has 0 bridgehead atoms. The third-order valence-corrected chi connectivity index (χ3v) is 5.21. The van der Waals surface area contributed by atoms with Gasteiger partial charge in [-0.3, -0.25) is 9.58 Å². The van der Waals surface area contributed by atoms with Crippen molar-refractivity contribution in [3.05, 3.63) is 31.9 Å².